The predicted octanol–water partition coefficient (Wildman–Crippen LogP) is 4.89. The summed E-state index contributed by atoms with van der Waals surface area (Å²) in [6.07, 6.45) is -0.0169. The van der Waals surface area contributed by atoms with Gasteiger partial charge >= 0.3 is 0 Å². The number of hydrogen-bond donors (Lipinski definition) is 2. The molecule has 0 unspecified atom stereocenters. The van der Waals surface area contributed by atoms with E-state index in [2.05, 4.69) is 15.6 Å². The second-order valence-electron chi connectivity index (χ2n) is 5.34. The van der Waals surface area contributed by atoms with Crippen molar-refractivity contribution in [2.45, 2.75) is 11.7 Å². The summed E-state index contributed by atoms with van der Waals surface area (Å²) in [6.45, 7) is 0. The van der Waals surface area contributed by atoms with E-state index in [1.165, 1.54) is 17.8 Å². The molecular weight excluding hydrogens is 417 g/mol. The smallest absolute Gasteiger partial charge is 0.240 e. The van der Waals surface area contributed by atoms with E-state index >= 15 is 0 Å². The minimum atomic E-state index is -0.581. The van der Waals surface area contributed by atoms with Crippen LogP contribution in [0.1, 0.15) is 6.42 Å². The van der Waals surface area contributed by atoms with Crippen LogP contribution in [-0.4, -0.2) is 22.2 Å². The van der Waals surface area contributed by atoms with Gasteiger partial charge in [-0.25, -0.2) is 4.99 Å². The Labute approximate surface area is 169 Å². The molecule has 2 N–H and O–H groups in total. The van der Waals surface area contributed by atoms with Gasteiger partial charge in [0.2, 0.25) is 11.8 Å². The topological polar surface area (TPSA) is 70.6 Å². The molecule has 0 aromatic heterocycles. The Morgan fingerprint density at radius 2 is 1.92 bits per heavy atom. The zero-order chi connectivity index (χ0) is 18.7. The van der Waals surface area contributed by atoms with Crippen molar-refractivity contribution in [2.24, 2.45) is 4.99 Å². The lowest BCUT2D eigenvalue weighted by Crippen LogP contribution is -2.28. The molecule has 1 fully saturated rings. The number of nitrogens with zero attached hydrogens (tertiary/aromatic N) is 1. The average molecular weight is 429 g/mol. The van der Waals surface area contributed by atoms with Crippen LogP contribution in [0.15, 0.2) is 47.5 Å². The molecule has 26 heavy (non-hydrogen) atoms. The van der Waals surface area contributed by atoms with E-state index in [9.17, 15) is 9.59 Å². The number of carbonyl (C=O) groups is 2. The maximum absolute atomic E-state index is 12.2. The Kier molecular flexibility index (Phi) is 6.09. The third-order valence-corrected chi connectivity index (χ3v) is 5.38. The van der Waals surface area contributed by atoms with Crippen LogP contribution in [0.4, 0.5) is 11.4 Å². The van der Waals surface area contributed by atoms with Crippen molar-refractivity contribution in [3.05, 3.63) is 57.5 Å². The highest BCUT2D eigenvalue weighted by Gasteiger charge is 2.32. The number of hydrogen-bond acceptors (Lipinski definition) is 4. The fraction of sp³-hybridized carbons (Fsp3) is 0.118. The third kappa shape index (κ3) is 4.71. The molecule has 2 aromatic rings. The van der Waals surface area contributed by atoms with Gasteiger partial charge in [0.1, 0.15) is 5.25 Å². The second-order valence-corrected chi connectivity index (χ2v) is 7.78. The summed E-state index contributed by atoms with van der Waals surface area (Å²) in [4.78, 5) is 28.6. The zero-order valence-electron chi connectivity index (χ0n) is 13.1. The van der Waals surface area contributed by atoms with Gasteiger partial charge in [-0.2, -0.15) is 0 Å². The van der Waals surface area contributed by atoms with Gasteiger partial charge in [-0.3, -0.25) is 9.59 Å². The summed E-state index contributed by atoms with van der Waals surface area (Å²) in [6, 6.07) is 11.8. The van der Waals surface area contributed by atoms with Gasteiger partial charge in [-0.05, 0) is 30.3 Å². The molecule has 2 amide bonds. The number of aliphatic imine (C=N–C) groups is 1. The largest absolute Gasteiger partial charge is 0.325 e. The van der Waals surface area contributed by atoms with Gasteiger partial charge in [0, 0.05) is 11.4 Å². The molecule has 0 spiro atoms. The van der Waals surface area contributed by atoms with E-state index in [1.54, 1.807) is 36.4 Å². The number of benzene rings is 2. The molecule has 2 aromatic carbocycles. The molecule has 9 heteroatoms. The number of rotatable bonds is 4. The van der Waals surface area contributed by atoms with Gasteiger partial charge in [-0.15, -0.1) is 0 Å². The van der Waals surface area contributed by atoms with E-state index in [4.69, 9.17) is 34.8 Å². The highest BCUT2D eigenvalue weighted by Crippen LogP contribution is 2.30. The number of nitrogens with one attached hydrogen (secondary N) is 2. The van der Waals surface area contributed by atoms with Crippen LogP contribution in [0.2, 0.25) is 15.1 Å². The van der Waals surface area contributed by atoms with E-state index in [1.807, 2.05) is 0 Å². The van der Waals surface area contributed by atoms with Gasteiger partial charge in [0.15, 0.2) is 5.17 Å². The summed E-state index contributed by atoms with van der Waals surface area (Å²) >= 11 is 19.1. The van der Waals surface area contributed by atoms with Gasteiger partial charge in [-0.1, -0.05) is 58.7 Å². The van der Waals surface area contributed by atoms with Crippen molar-refractivity contribution in [3.8, 4) is 0 Å². The summed E-state index contributed by atoms with van der Waals surface area (Å²) in [5.74, 6) is -0.612. The Bertz CT molecular complexity index is 905. The standard InChI is InChI=1S/C17H12Cl3N3O2S/c18-9-5-6-13(11(20)7-9)21-15(24)8-14-16(25)23-17(26-14)22-12-4-2-1-3-10(12)19/h1-7,14H,8H2,(H,21,24)(H,22,23,25)/t14-/m1/s1. The predicted molar refractivity (Wildman–Crippen MR) is 108 cm³/mol. The maximum atomic E-state index is 12.2. The van der Waals surface area contributed by atoms with Gasteiger partial charge in [0.05, 0.1) is 21.4 Å². The number of para-hydroxylation sites is 1. The lowest BCUT2D eigenvalue weighted by molar-refractivity contribution is -0.122. The highest BCUT2D eigenvalue weighted by atomic mass is 35.5. The van der Waals surface area contributed by atoms with E-state index in [-0.39, 0.29) is 18.2 Å². The molecule has 5 nitrogen and oxygen atoms in total. The monoisotopic (exact) mass is 427 g/mol. The van der Waals surface area contributed by atoms with Gasteiger partial charge in [0.25, 0.3) is 0 Å². The summed E-state index contributed by atoms with van der Waals surface area (Å²) in [5, 5.41) is 6.44. The van der Waals surface area contributed by atoms with Crippen LogP contribution < -0.4 is 10.6 Å². The van der Waals surface area contributed by atoms with E-state index in [0.717, 1.165) is 0 Å². The van der Waals surface area contributed by atoms with Crippen LogP contribution in [0.25, 0.3) is 0 Å². The number of halogens is 3. The van der Waals surface area contributed by atoms with Crippen molar-refractivity contribution >= 4 is 74.9 Å². The quantitative estimate of drug-likeness (QED) is 0.728. The van der Waals surface area contributed by atoms with Crippen LogP contribution in [0, 0.1) is 0 Å². The highest BCUT2D eigenvalue weighted by molar-refractivity contribution is 8.15. The van der Waals surface area contributed by atoms with Crippen LogP contribution in [0.3, 0.4) is 0 Å². The van der Waals surface area contributed by atoms with Crippen LogP contribution in [0.5, 0.6) is 0 Å². The van der Waals surface area contributed by atoms with Crippen molar-refractivity contribution < 1.29 is 9.59 Å². The number of amides is 2. The summed E-state index contributed by atoms with van der Waals surface area (Å²) in [7, 11) is 0. The molecule has 1 heterocycles. The SMILES string of the molecule is O=C(C[C@H]1SC(=Nc2ccccc2Cl)NC1=O)Nc1ccc(Cl)cc1Cl. The van der Waals surface area contributed by atoms with E-state index in [0.29, 0.717) is 31.6 Å². The first kappa shape index (κ1) is 19.0. The lowest BCUT2D eigenvalue weighted by Gasteiger charge is -2.09. The van der Waals surface area contributed by atoms with Crippen molar-refractivity contribution in [1.82, 2.24) is 5.32 Å². The normalized spacial score (nSPS) is 18.0. The van der Waals surface area contributed by atoms with Crippen LogP contribution in [-0.2, 0) is 9.59 Å². The zero-order valence-corrected chi connectivity index (χ0v) is 16.2. The molecule has 0 aliphatic carbocycles. The number of carbonyl (C=O) groups excluding carboxylic acids is 2. The molecular formula is C17H12Cl3N3O2S. The fourth-order valence-corrected chi connectivity index (χ4v) is 3.82. The molecule has 0 bridgehead atoms. The van der Waals surface area contributed by atoms with E-state index < -0.39 is 5.25 Å². The minimum absolute atomic E-state index is 0.0169. The minimum Gasteiger partial charge on any atom is -0.325 e. The van der Waals surface area contributed by atoms with Gasteiger partial charge < -0.3 is 10.6 Å². The first-order chi connectivity index (χ1) is 12.4. The second kappa shape index (κ2) is 8.31. The Balaban J connectivity index is 1.64. The molecule has 1 atom stereocenters. The lowest BCUT2D eigenvalue weighted by atomic mass is 10.2. The molecule has 134 valence electrons. The fourth-order valence-electron chi connectivity index (χ4n) is 2.20. The molecule has 3 rings (SSSR count). The molecule has 1 saturated heterocycles. The Morgan fingerprint density at radius 1 is 1.15 bits per heavy atom. The first-order valence-corrected chi connectivity index (χ1v) is 9.49. The first-order valence-electron chi connectivity index (χ1n) is 7.48. The van der Waals surface area contributed by atoms with Crippen molar-refractivity contribution in [1.29, 1.82) is 0 Å². The maximum Gasteiger partial charge on any atom is 0.240 e. The average Bonchev–Trinajstić information content (AvgIpc) is 2.92. The molecule has 0 radical (unpaired) electrons. The Morgan fingerprint density at radius 3 is 2.65 bits per heavy atom. The summed E-state index contributed by atoms with van der Waals surface area (Å²) < 4.78 is 0. The number of anilines is 1. The summed E-state index contributed by atoms with van der Waals surface area (Å²) in [5.41, 5.74) is 0.990. The Hall–Kier alpha value is -1.73. The van der Waals surface area contributed by atoms with Crippen molar-refractivity contribution in [3.63, 3.8) is 0 Å². The molecule has 0 saturated carbocycles. The number of amidine groups is 1. The molecule has 1 aliphatic heterocycles. The molecule has 1 aliphatic rings. The van der Waals surface area contributed by atoms with Crippen LogP contribution >= 0.6 is 46.6 Å². The number of thioether (sulfide) groups is 1. The van der Waals surface area contributed by atoms with Crippen molar-refractivity contribution in [2.75, 3.05) is 5.32 Å². The third-order valence-electron chi connectivity index (χ3n) is 3.43.